The third kappa shape index (κ3) is 1.73. The van der Waals surface area contributed by atoms with Crippen LogP contribution in [0.5, 0.6) is 0 Å². The number of sulfonamides is 1. The van der Waals surface area contributed by atoms with Crippen LogP contribution in [0.1, 0.15) is 12.8 Å². The molecule has 3 unspecified atom stereocenters. The molecule has 0 spiro atoms. The first-order chi connectivity index (χ1) is 6.54. The summed E-state index contributed by atoms with van der Waals surface area (Å²) in [6.07, 6.45) is 1.49. The zero-order valence-corrected chi connectivity index (χ0v) is 10.2. The quantitative estimate of drug-likeness (QED) is 0.745. The van der Waals surface area contributed by atoms with Gasteiger partial charge in [-0.05, 0) is 18.8 Å². The zero-order chi connectivity index (χ0) is 10.3. The fourth-order valence-electron chi connectivity index (χ4n) is 2.49. The molecule has 4 nitrogen and oxygen atoms in total. The van der Waals surface area contributed by atoms with Crippen LogP contribution in [0.4, 0.5) is 0 Å². The van der Waals surface area contributed by atoms with Crippen molar-refractivity contribution in [2.24, 2.45) is 11.8 Å². The van der Waals surface area contributed by atoms with Crippen LogP contribution in [0, 0.1) is 11.8 Å². The minimum atomic E-state index is -3.12. The van der Waals surface area contributed by atoms with Gasteiger partial charge in [0.05, 0.1) is 6.10 Å². The van der Waals surface area contributed by atoms with E-state index in [-0.39, 0.29) is 16.7 Å². The molecule has 82 valence electrons. The maximum atomic E-state index is 11.5. The van der Waals surface area contributed by atoms with Gasteiger partial charge in [-0.2, -0.15) is 0 Å². The zero-order valence-electron chi connectivity index (χ0n) is 7.76. The lowest BCUT2D eigenvalue weighted by Crippen LogP contribution is -2.31. The first-order valence-corrected chi connectivity index (χ1v) is 7.49. The molecule has 1 saturated heterocycles. The van der Waals surface area contributed by atoms with Crippen LogP contribution in [0.25, 0.3) is 0 Å². The highest BCUT2D eigenvalue weighted by atomic mass is 79.9. The molecule has 1 aliphatic heterocycles. The Hall–Kier alpha value is 0.350. The molecule has 1 heterocycles. The second kappa shape index (κ2) is 3.73. The van der Waals surface area contributed by atoms with Gasteiger partial charge in [-0.15, -0.1) is 0 Å². The summed E-state index contributed by atoms with van der Waals surface area (Å²) >= 11 is 2.98. The van der Waals surface area contributed by atoms with Gasteiger partial charge < -0.3 is 5.11 Å². The number of fused-ring (bicyclic) bond motifs is 1. The van der Waals surface area contributed by atoms with Crippen molar-refractivity contribution >= 4 is 26.0 Å². The minimum Gasteiger partial charge on any atom is -0.393 e. The predicted octanol–water partition coefficient (Wildman–Crippen LogP) is 0.371. The van der Waals surface area contributed by atoms with Gasteiger partial charge >= 0.3 is 0 Å². The van der Waals surface area contributed by atoms with Crippen LogP contribution < -0.4 is 0 Å². The van der Waals surface area contributed by atoms with Gasteiger partial charge in [0.25, 0.3) is 0 Å². The number of hydrogen-bond acceptors (Lipinski definition) is 3. The average Bonchev–Trinajstić information content (AvgIpc) is 2.69. The molecule has 0 aromatic rings. The number of halogens is 1. The highest BCUT2D eigenvalue weighted by Crippen LogP contribution is 2.39. The van der Waals surface area contributed by atoms with E-state index in [4.69, 9.17) is 0 Å². The third-order valence-corrected chi connectivity index (χ3v) is 6.41. The van der Waals surface area contributed by atoms with Gasteiger partial charge in [0.2, 0.25) is 10.0 Å². The van der Waals surface area contributed by atoms with E-state index in [0.29, 0.717) is 19.0 Å². The van der Waals surface area contributed by atoms with Crippen molar-refractivity contribution in [2.75, 3.05) is 17.8 Å². The van der Waals surface area contributed by atoms with Crippen molar-refractivity contribution in [2.45, 2.75) is 18.9 Å². The van der Waals surface area contributed by atoms with E-state index in [1.165, 1.54) is 4.31 Å². The summed E-state index contributed by atoms with van der Waals surface area (Å²) in [5, 5.41) is 9.62. The lowest BCUT2D eigenvalue weighted by molar-refractivity contribution is 0.129. The number of aliphatic hydroxyl groups is 1. The molecule has 2 aliphatic rings. The molecular formula is C8H14BrNO3S. The average molecular weight is 284 g/mol. The highest BCUT2D eigenvalue weighted by Gasteiger charge is 2.44. The molecule has 0 amide bonds. The topological polar surface area (TPSA) is 57.6 Å². The number of rotatable bonds is 2. The second-order valence-corrected chi connectivity index (χ2v) is 7.38. The number of alkyl halides is 1. The van der Waals surface area contributed by atoms with E-state index in [2.05, 4.69) is 15.9 Å². The van der Waals surface area contributed by atoms with E-state index in [0.717, 1.165) is 12.8 Å². The Bertz CT molecular complexity index is 319. The van der Waals surface area contributed by atoms with Gasteiger partial charge in [-0.3, -0.25) is 0 Å². The van der Waals surface area contributed by atoms with Crippen molar-refractivity contribution in [1.82, 2.24) is 4.31 Å². The first kappa shape index (κ1) is 10.9. The summed E-state index contributed by atoms with van der Waals surface area (Å²) in [5.41, 5.74) is 0. The fourth-order valence-corrected chi connectivity index (χ4v) is 4.32. The van der Waals surface area contributed by atoms with Gasteiger partial charge in [0, 0.05) is 19.0 Å². The molecule has 2 fully saturated rings. The maximum Gasteiger partial charge on any atom is 0.224 e. The molecule has 0 aromatic carbocycles. The van der Waals surface area contributed by atoms with Crippen LogP contribution in [-0.4, -0.2) is 41.7 Å². The van der Waals surface area contributed by atoms with Crippen molar-refractivity contribution in [3.05, 3.63) is 0 Å². The Balaban J connectivity index is 2.09. The Kier molecular flexibility index (Phi) is 2.90. The Morgan fingerprint density at radius 1 is 1.36 bits per heavy atom. The lowest BCUT2D eigenvalue weighted by atomic mass is 10.00. The summed E-state index contributed by atoms with van der Waals surface area (Å²) in [6.45, 7) is 1.09. The van der Waals surface area contributed by atoms with E-state index < -0.39 is 10.0 Å². The largest absolute Gasteiger partial charge is 0.393 e. The molecule has 1 N–H and O–H groups in total. The molecule has 14 heavy (non-hydrogen) atoms. The molecule has 0 bridgehead atoms. The number of hydrogen-bond donors (Lipinski definition) is 1. The van der Waals surface area contributed by atoms with Crippen molar-refractivity contribution in [3.63, 3.8) is 0 Å². The highest BCUT2D eigenvalue weighted by molar-refractivity contribution is 9.10. The van der Waals surface area contributed by atoms with Gasteiger partial charge in [0.1, 0.15) is 4.66 Å². The van der Waals surface area contributed by atoms with Crippen molar-refractivity contribution in [3.8, 4) is 0 Å². The van der Waals surface area contributed by atoms with Crippen LogP contribution in [0.15, 0.2) is 0 Å². The van der Waals surface area contributed by atoms with Gasteiger partial charge in [0.15, 0.2) is 0 Å². The van der Waals surface area contributed by atoms with E-state index in [1.807, 2.05) is 0 Å². The molecule has 0 radical (unpaired) electrons. The molecule has 1 aliphatic carbocycles. The summed E-state index contributed by atoms with van der Waals surface area (Å²) in [6, 6.07) is 0. The summed E-state index contributed by atoms with van der Waals surface area (Å²) in [4.78, 5) is 0. The monoisotopic (exact) mass is 283 g/mol. The molecule has 1 saturated carbocycles. The van der Waals surface area contributed by atoms with Crippen LogP contribution in [0.3, 0.4) is 0 Å². The van der Waals surface area contributed by atoms with Crippen molar-refractivity contribution < 1.29 is 13.5 Å². The predicted molar refractivity (Wildman–Crippen MR) is 56.5 cm³/mol. The van der Waals surface area contributed by atoms with Crippen LogP contribution in [-0.2, 0) is 10.0 Å². The minimum absolute atomic E-state index is 0.0183. The summed E-state index contributed by atoms with van der Waals surface area (Å²) < 4.78 is 24.6. The third-order valence-electron chi connectivity index (χ3n) is 3.32. The lowest BCUT2D eigenvalue weighted by Gasteiger charge is -2.16. The number of nitrogens with zero attached hydrogens (tertiary/aromatic N) is 1. The molecule has 6 heteroatoms. The molecule has 3 atom stereocenters. The van der Waals surface area contributed by atoms with Gasteiger partial charge in [-0.1, -0.05) is 15.9 Å². The fraction of sp³-hybridized carbons (Fsp3) is 1.00. The van der Waals surface area contributed by atoms with E-state index in [9.17, 15) is 13.5 Å². The smallest absolute Gasteiger partial charge is 0.224 e. The Morgan fingerprint density at radius 2 is 2.07 bits per heavy atom. The second-order valence-electron chi connectivity index (χ2n) is 4.11. The van der Waals surface area contributed by atoms with E-state index >= 15 is 0 Å². The SMILES string of the molecule is O=S(=O)(CBr)N1CC2CCC(O)C2C1. The Morgan fingerprint density at radius 3 is 2.64 bits per heavy atom. The first-order valence-electron chi connectivity index (χ1n) is 4.76. The number of aliphatic hydroxyl groups excluding tert-OH is 1. The van der Waals surface area contributed by atoms with Gasteiger partial charge in [-0.25, -0.2) is 12.7 Å². The summed E-state index contributed by atoms with van der Waals surface area (Å²) in [7, 11) is -3.12. The molecule has 2 rings (SSSR count). The van der Waals surface area contributed by atoms with E-state index in [1.54, 1.807) is 0 Å². The Labute approximate surface area is 92.5 Å². The normalized spacial score (nSPS) is 38.9. The molecule has 0 aromatic heterocycles. The maximum absolute atomic E-state index is 11.5. The van der Waals surface area contributed by atoms with Crippen molar-refractivity contribution in [1.29, 1.82) is 0 Å². The standard InChI is InChI=1S/C8H14BrNO3S/c9-5-14(12,13)10-3-6-1-2-8(11)7(6)4-10/h6-8,11H,1-5H2. The van der Waals surface area contributed by atoms with Crippen LogP contribution in [0.2, 0.25) is 0 Å². The molecular weight excluding hydrogens is 270 g/mol. The van der Waals surface area contributed by atoms with Crippen LogP contribution >= 0.6 is 15.9 Å². The summed E-state index contributed by atoms with van der Waals surface area (Å²) in [5.74, 6) is 0.544.